The molecule has 0 unspecified atom stereocenters. The fourth-order valence-corrected chi connectivity index (χ4v) is 3.35. The van der Waals surface area contributed by atoms with Crippen LogP contribution in [-0.2, 0) is 11.3 Å². The topological polar surface area (TPSA) is 95.7 Å². The summed E-state index contributed by atoms with van der Waals surface area (Å²) in [5.74, 6) is 0.00928. The largest absolute Gasteiger partial charge is 0.461 e. The molecule has 0 aliphatic rings. The van der Waals surface area contributed by atoms with Crippen LogP contribution in [0.2, 0.25) is 10.0 Å². The fraction of sp³-hybridized carbons (Fsp3) is 0.182. The summed E-state index contributed by atoms with van der Waals surface area (Å²) in [4.78, 5) is 22.3. The predicted molar refractivity (Wildman–Crippen MR) is 121 cm³/mol. The molecule has 0 N–H and O–H groups in total. The van der Waals surface area contributed by atoms with Crippen molar-refractivity contribution in [2.45, 2.75) is 20.4 Å². The number of hydrogen-bond acceptors (Lipinski definition) is 7. The highest BCUT2D eigenvalue weighted by molar-refractivity contribution is 6.31. The molecule has 2 aromatic heterocycles. The smallest absolute Gasteiger partial charge is 0.358 e. The van der Waals surface area contributed by atoms with Gasteiger partial charge in [0.2, 0.25) is 0 Å². The van der Waals surface area contributed by atoms with Crippen molar-refractivity contribution in [3.63, 3.8) is 0 Å². The van der Waals surface area contributed by atoms with Crippen molar-refractivity contribution in [3.05, 3.63) is 75.8 Å². The first kappa shape index (κ1) is 21.9. The summed E-state index contributed by atoms with van der Waals surface area (Å²) in [7, 11) is 0. The monoisotopic (exact) mass is 468 g/mol. The predicted octanol–water partition coefficient (Wildman–Crippen LogP) is 4.64. The molecule has 162 valence electrons. The van der Waals surface area contributed by atoms with Crippen molar-refractivity contribution < 1.29 is 9.53 Å². The number of benzene rings is 2. The van der Waals surface area contributed by atoms with E-state index in [4.69, 9.17) is 37.9 Å². The Kier molecular flexibility index (Phi) is 6.43. The molecule has 0 aliphatic heterocycles. The van der Waals surface area contributed by atoms with Crippen molar-refractivity contribution >= 4 is 29.2 Å². The average Bonchev–Trinajstić information content (AvgIpc) is 3.19. The summed E-state index contributed by atoms with van der Waals surface area (Å²) in [5.41, 5.74) is 3.13. The van der Waals surface area contributed by atoms with Crippen molar-refractivity contribution in [1.29, 1.82) is 0 Å². The number of ether oxygens (including phenoxy) is 1. The Morgan fingerprint density at radius 2 is 1.50 bits per heavy atom. The van der Waals surface area contributed by atoms with Gasteiger partial charge in [-0.1, -0.05) is 47.5 Å². The SMILES string of the molecule is CCOC(=O)c1nc(-c2ccc(Cl)cc2)c(-c2ccc(Cl)cc2)nc1Cn1nnnc1C. The van der Waals surface area contributed by atoms with E-state index in [1.165, 1.54) is 0 Å². The van der Waals surface area contributed by atoms with Crippen LogP contribution >= 0.6 is 23.2 Å². The van der Waals surface area contributed by atoms with E-state index in [0.29, 0.717) is 33.0 Å². The third-order valence-electron chi connectivity index (χ3n) is 4.68. The number of carbonyl (C=O) groups is 1. The first-order valence-electron chi connectivity index (χ1n) is 9.79. The highest BCUT2D eigenvalue weighted by Gasteiger charge is 2.23. The van der Waals surface area contributed by atoms with Crippen LogP contribution in [0.5, 0.6) is 0 Å². The fourth-order valence-electron chi connectivity index (χ4n) is 3.10. The average molecular weight is 469 g/mol. The second kappa shape index (κ2) is 9.42. The van der Waals surface area contributed by atoms with E-state index < -0.39 is 5.97 Å². The molecule has 0 aliphatic carbocycles. The van der Waals surface area contributed by atoms with Gasteiger partial charge in [0.15, 0.2) is 5.69 Å². The number of nitrogens with zero attached hydrogens (tertiary/aromatic N) is 6. The standard InChI is InChI=1S/C22H18Cl2N6O2/c1-3-32-22(31)21-18(12-30-13(2)27-28-29-30)25-19(14-4-8-16(23)9-5-14)20(26-21)15-6-10-17(24)11-7-15/h4-11H,3,12H2,1-2H3. The summed E-state index contributed by atoms with van der Waals surface area (Å²) in [6, 6.07) is 14.4. The third kappa shape index (κ3) is 4.61. The number of aromatic nitrogens is 6. The molecule has 0 radical (unpaired) electrons. The molecule has 32 heavy (non-hydrogen) atoms. The van der Waals surface area contributed by atoms with Crippen LogP contribution in [0.3, 0.4) is 0 Å². The highest BCUT2D eigenvalue weighted by Crippen LogP contribution is 2.32. The molecule has 0 atom stereocenters. The van der Waals surface area contributed by atoms with Crippen LogP contribution in [0.1, 0.15) is 28.9 Å². The molecular weight excluding hydrogens is 451 g/mol. The van der Waals surface area contributed by atoms with E-state index in [1.807, 2.05) is 24.3 Å². The summed E-state index contributed by atoms with van der Waals surface area (Å²) < 4.78 is 6.79. The number of aryl methyl sites for hydroxylation is 1. The molecule has 2 aromatic carbocycles. The van der Waals surface area contributed by atoms with Gasteiger partial charge in [-0.25, -0.2) is 19.4 Å². The minimum Gasteiger partial charge on any atom is -0.461 e. The number of carbonyl (C=O) groups excluding carboxylic acids is 1. The molecule has 8 nitrogen and oxygen atoms in total. The van der Waals surface area contributed by atoms with Crippen molar-refractivity contribution in [1.82, 2.24) is 30.2 Å². The number of rotatable bonds is 6. The zero-order valence-electron chi connectivity index (χ0n) is 17.3. The molecule has 4 aromatic rings. The summed E-state index contributed by atoms with van der Waals surface area (Å²) in [6.07, 6.45) is 0. The second-order valence-electron chi connectivity index (χ2n) is 6.83. The van der Waals surface area contributed by atoms with Crippen LogP contribution < -0.4 is 0 Å². The van der Waals surface area contributed by atoms with E-state index in [1.54, 1.807) is 42.8 Å². The molecule has 4 rings (SSSR count). The first-order valence-corrected chi connectivity index (χ1v) is 10.5. The van der Waals surface area contributed by atoms with Gasteiger partial charge in [0.25, 0.3) is 0 Å². The molecular formula is C22H18Cl2N6O2. The Balaban J connectivity index is 1.95. The van der Waals surface area contributed by atoms with Gasteiger partial charge in [-0.05, 0) is 48.5 Å². The van der Waals surface area contributed by atoms with Crippen LogP contribution in [0, 0.1) is 6.92 Å². The zero-order chi connectivity index (χ0) is 22.7. The maximum atomic E-state index is 12.8. The van der Waals surface area contributed by atoms with E-state index in [0.717, 1.165) is 11.1 Å². The maximum absolute atomic E-state index is 12.8. The van der Waals surface area contributed by atoms with Crippen LogP contribution in [0.25, 0.3) is 22.5 Å². The summed E-state index contributed by atoms with van der Waals surface area (Å²) in [6.45, 7) is 3.86. The third-order valence-corrected chi connectivity index (χ3v) is 5.19. The normalized spacial score (nSPS) is 10.9. The van der Waals surface area contributed by atoms with Gasteiger partial charge in [-0.2, -0.15) is 0 Å². The Morgan fingerprint density at radius 3 is 2.00 bits per heavy atom. The lowest BCUT2D eigenvalue weighted by atomic mass is 10.0. The van der Waals surface area contributed by atoms with E-state index in [9.17, 15) is 4.79 Å². The van der Waals surface area contributed by atoms with Crippen LogP contribution in [0.15, 0.2) is 48.5 Å². The molecule has 0 spiro atoms. The van der Waals surface area contributed by atoms with Gasteiger partial charge in [-0.15, -0.1) is 5.10 Å². The number of halogens is 2. The van der Waals surface area contributed by atoms with Gasteiger partial charge < -0.3 is 4.74 Å². The number of hydrogen-bond donors (Lipinski definition) is 0. The minimum absolute atomic E-state index is 0.101. The zero-order valence-corrected chi connectivity index (χ0v) is 18.8. The number of esters is 1. The lowest BCUT2D eigenvalue weighted by Crippen LogP contribution is -2.17. The Morgan fingerprint density at radius 1 is 0.938 bits per heavy atom. The quantitative estimate of drug-likeness (QED) is 0.380. The van der Waals surface area contributed by atoms with Gasteiger partial charge in [-0.3, -0.25) is 0 Å². The lowest BCUT2D eigenvalue weighted by Gasteiger charge is -2.15. The van der Waals surface area contributed by atoms with Crippen LogP contribution in [0.4, 0.5) is 0 Å². The Labute approximate surface area is 194 Å². The van der Waals surface area contributed by atoms with Gasteiger partial charge in [0, 0.05) is 21.2 Å². The van der Waals surface area contributed by atoms with Gasteiger partial charge in [0.05, 0.1) is 30.2 Å². The van der Waals surface area contributed by atoms with E-state index in [2.05, 4.69) is 15.5 Å². The first-order chi connectivity index (χ1) is 15.5. The highest BCUT2D eigenvalue weighted by atomic mass is 35.5. The van der Waals surface area contributed by atoms with Crippen LogP contribution in [-0.4, -0.2) is 42.8 Å². The molecule has 10 heteroatoms. The molecule has 0 saturated carbocycles. The molecule has 0 bridgehead atoms. The Hall–Kier alpha value is -3.36. The van der Waals surface area contributed by atoms with E-state index in [-0.39, 0.29) is 18.8 Å². The summed E-state index contributed by atoms with van der Waals surface area (Å²) >= 11 is 12.2. The van der Waals surface area contributed by atoms with Crippen molar-refractivity contribution in [2.75, 3.05) is 6.61 Å². The minimum atomic E-state index is -0.571. The lowest BCUT2D eigenvalue weighted by molar-refractivity contribution is 0.0517. The molecule has 0 amide bonds. The molecule has 0 fully saturated rings. The molecule has 2 heterocycles. The maximum Gasteiger partial charge on any atom is 0.358 e. The van der Waals surface area contributed by atoms with Crippen molar-refractivity contribution in [3.8, 4) is 22.5 Å². The van der Waals surface area contributed by atoms with E-state index >= 15 is 0 Å². The van der Waals surface area contributed by atoms with Gasteiger partial charge in [0.1, 0.15) is 5.82 Å². The van der Waals surface area contributed by atoms with Gasteiger partial charge >= 0.3 is 5.97 Å². The Bertz CT molecular complexity index is 1260. The second-order valence-corrected chi connectivity index (χ2v) is 7.71. The number of tetrazole rings is 1. The summed E-state index contributed by atoms with van der Waals surface area (Å²) in [5, 5.41) is 12.7. The molecule has 0 saturated heterocycles. The van der Waals surface area contributed by atoms with Crippen molar-refractivity contribution in [2.24, 2.45) is 0 Å².